The molecule has 1 saturated heterocycles. The fraction of sp³-hybridized carbons (Fsp3) is 0.588. The second-order valence-corrected chi connectivity index (χ2v) is 8.50. The van der Waals surface area contributed by atoms with Gasteiger partial charge in [0.05, 0.1) is 10.7 Å². The van der Waals surface area contributed by atoms with Crippen LogP contribution in [0.15, 0.2) is 16.6 Å². The van der Waals surface area contributed by atoms with Crippen molar-refractivity contribution in [3.8, 4) is 0 Å². The second kappa shape index (κ2) is 7.70. The van der Waals surface area contributed by atoms with Crippen molar-refractivity contribution >= 4 is 33.8 Å². The molecule has 4 rings (SSSR count). The highest BCUT2D eigenvalue weighted by atomic mass is 32.1. The average Bonchev–Trinajstić information content (AvgIpc) is 3.31. The summed E-state index contributed by atoms with van der Waals surface area (Å²) in [6.45, 7) is 4.43. The SMILES string of the molecule is NC(=NCCc1nc2c(s1)CCCC2)N1CCN(c2nccs2)CC1. The van der Waals surface area contributed by atoms with E-state index in [-0.39, 0.29) is 0 Å². The Morgan fingerprint density at radius 2 is 2.04 bits per heavy atom. The molecule has 0 atom stereocenters. The first-order valence-corrected chi connectivity index (χ1v) is 10.7. The minimum atomic E-state index is 0.667. The van der Waals surface area contributed by atoms with Crippen molar-refractivity contribution in [2.24, 2.45) is 10.7 Å². The number of rotatable bonds is 4. The molecule has 1 aliphatic heterocycles. The van der Waals surface area contributed by atoms with E-state index in [4.69, 9.17) is 10.7 Å². The first-order chi connectivity index (χ1) is 12.3. The molecule has 1 aliphatic carbocycles. The molecule has 0 amide bonds. The zero-order valence-electron chi connectivity index (χ0n) is 14.4. The van der Waals surface area contributed by atoms with Gasteiger partial charge in [-0.1, -0.05) is 0 Å². The fourth-order valence-corrected chi connectivity index (χ4v) is 5.22. The number of fused-ring (bicyclic) bond motifs is 1. The lowest BCUT2D eigenvalue weighted by Gasteiger charge is -2.35. The van der Waals surface area contributed by atoms with Gasteiger partial charge in [-0.3, -0.25) is 4.99 Å². The Morgan fingerprint density at radius 1 is 1.20 bits per heavy atom. The normalized spacial score (nSPS) is 18.5. The van der Waals surface area contributed by atoms with E-state index in [1.807, 2.05) is 22.9 Å². The van der Waals surface area contributed by atoms with E-state index in [0.29, 0.717) is 5.96 Å². The Morgan fingerprint density at radius 3 is 2.80 bits per heavy atom. The van der Waals surface area contributed by atoms with Gasteiger partial charge in [-0.15, -0.1) is 22.7 Å². The van der Waals surface area contributed by atoms with Crippen molar-refractivity contribution in [1.29, 1.82) is 0 Å². The van der Waals surface area contributed by atoms with Crippen LogP contribution < -0.4 is 10.6 Å². The van der Waals surface area contributed by atoms with Crippen LogP contribution in [0.2, 0.25) is 0 Å². The Labute approximate surface area is 156 Å². The Kier molecular flexibility index (Phi) is 5.17. The molecule has 0 bridgehead atoms. The molecule has 2 aromatic rings. The summed E-state index contributed by atoms with van der Waals surface area (Å²) in [7, 11) is 0. The molecule has 0 spiro atoms. The van der Waals surface area contributed by atoms with Crippen molar-refractivity contribution in [3.05, 3.63) is 27.2 Å². The maximum absolute atomic E-state index is 6.20. The zero-order chi connectivity index (χ0) is 17.1. The predicted octanol–water partition coefficient (Wildman–Crippen LogP) is 2.16. The first-order valence-electron chi connectivity index (χ1n) is 8.96. The smallest absolute Gasteiger partial charge is 0.191 e. The van der Waals surface area contributed by atoms with Crippen LogP contribution in [-0.4, -0.2) is 53.6 Å². The maximum Gasteiger partial charge on any atom is 0.191 e. The number of thiazole rings is 2. The largest absolute Gasteiger partial charge is 0.370 e. The van der Waals surface area contributed by atoms with Crippen LogP contribution in [0.4, 0.5) is 5.13 Å². The van der Waals surface area contributed by atoms with Gasteiger partial charge in [-0.25, -0.2) is 9.97 Å². The van der Waals surface area contributed by atoms with E-state index in [2.05, 4.69) is 19.8 Å². The highest BCUT2D eigenvalue weighted by Crippen LogP contribution is 2.26. The molecule has 0 radical (unpaired) electrons. The summed E-state index contributed by atoms with van der Waals surface area (Å²) in [5, 5.41) is 4.34. The molecule has 3 heterocycles. The molecule has 2 aromatic heterocycles. The molecule has 134 valence electrons. The van der Waals surface area contributed by atoms with Gasteiger partial charge in [0.25, 0.3) is 0 Å². The van der Waals surface area contributed by atoms with Crippen molar-refractivity contribution in [3.63, 3.8) is 0 Å². The third-order valence-electron chi connectivity index (χ3n) is 4.78. The van der Waals surface area contributed by atoms with Gasteiger partial charge >= 0.3 is 0 Å². The monoisotopic (exact) mass is 376 g/mol. The van der Waals surface area contributed by atoms with E-state index in [9.17, 15) is 0 Å². The van der Waals surface area contributed by atoms with Crippen LogP contribution >= 0.6 is 22.7 Å². The lowest BCUT2D eigenvalue weighted by molar-refractivity contribution is 0.380. The number of piperazine rings is 1. The maximum atomic E-state index is 6.20. The van der Waals surface area contributed by atoms with Gasteiger partial charge in [0.15, 0.2) is 11.1 Å². The van der Waals surface area contributed by atoms with Gasteiger partial charge in [0.1, 0.15) is 0 Å². The van der Waals surface area contributed by atoms with E-state index < -0.39 is 0 Å². The zero-order valence-corrected chi connectivity index (χ0v) is 16.0. The van der Waals surface area contributed by atoms with E-state index in [0.717, 1.165) is 50.7 Å². The lowest BCUT2D eigenvalue weighted by Crippen LogP contribution is -2.51. The number of anilines is 1. The molecule has 2 aliphatic rings. The molecule has 8 heteroatoms. The highest BCUT2D eigenvalue weighted by Gasteiger charge is 2.20. The van der Waals surface area contributed by atoms with Crippen molar-refractivity contribution < 1.29 is 0 Å². The first kappa shape index (κ1) is 16.8. The van der Waals surface area contributed by atoms with Crippen molar-refractivity contribution in [2.75, 3.05) is 37.6 Å². The third-order valence-corrected chi connectivity index (χ3v) is 6.83. The summed E-state index contributed by atoms with van der Waals surface area (Å²) < 4.78 is 0. The number of aliphatic imine (C=N–C) groups is 1. The number of nitrogens with two attached hydrogens (primary N) is 1. The molecule has 1 fully saturated rings. The number of aromatic nitrogens is 2. The predicted molar refractivity (Wildman–Crippen MR) is 105 cm³/mol. The molecule has 0 aromatic carbocycles. The van der Waals surface area contributed by atoms with Crippen LogP contribution in [0.3, 0.4) is 0 Å². The quantitative estimate of drug-likeness (QED) is 0.654. The van der Waals surface area contributed by atoms with Gasteiger partial charge in [-0.05, 0) is 25.7 Å². The average molecular weight is 377 g/mol. The lowest BCUT2D eigenvalue weighted by atomic mass is 10.0. The summed E-state index contributed by atoms with van der Waals surface area (Å²) in [5.41, 5.74) is 7.54. The Balaban J connectivity index is 1.26. The van der Waals surface area contributed by atoms with Gasteiger partial charge in [-0.2, -0.15) is 0 Å². The summed E-state index contributed by atoms with van der Waals surface area (Å²) in [4.78, 5) is 19.7. The molecular weight excluding hydrogens is 352 g/mol. The van der Waals surface area contributed by atoms with E-state index in [1.54, 1.807) is 11.3 Å². The molecule has 0 saturated carbocycles. The topological polar surface area (TPSA) is 70.6 Å². The van der Waals surface area contributed by atoms with Crippen LogP contribution in [-0.2, 0) is 19.3 Å². The molecule has 25 heavy (non-hydrogen) atoms. The van der Waals surface area contributed by atoms with Gasteiger partial charge in [0.2, 0.25) is 0 Å². The summed E-state index contributed by atoms with van der Waals surface area (Å²) >= 11 is 3.56. The van der Waals surface area contributed by atoms with Crippen molar-refractivity contribution in [1.82, 2.24) is 14.9 Å². The van der Waals surface area contributed by atoms with E-state index in [1.165, 1.54) is 34.8 Å². The molecular formula is C17H24N6S2. The third kappa shape index (κ3) is 3.95. The number of guanidine groups is 1. The minimum absolute atomic E-state index is 0.667. The van der Waals surface area contributed by atoms with E-state index >= 15 is 0 Å². The number of hydrogen-bond donors (Lipinski definition) is 1. The van der Waals surface area contributed by atoms with Gasteiger partial charge < -0.3 is 15.5 Å². The summed E-state index contributed by atoms with van der Waals surface area (Å²) in [6.07, 6.45) is 7.72. The second-order valence-electron chi connectivity index (χ2n) is 6.46. The summed E-state index contributed by atoms with van der Waals surface area (Å²) in [6, 6.07) is 0. The van der Waals surface area contributed by atoms with Crippen LogP contribution in [0.25, 0.3) is 0 Å². The standard InChI is InChI=1S/C17H24N6S2/c18-16(22-8-10-23(11-9-22)17-20-7-12-24-17)19-6-5-15-21-13-3-1-2-4-14(13)25-15/h7,12H,1-6,8-11H2,(H2,18,19). The molecule has 6 nitrogen and oxygen atoms in total. The fourth-order valence-electron chi connectivity index (χ4n) is 3.38. The highest BCUT2D eigenvalue weighted by molar-refractivity contribution is 7.13. The van der Waals surface area contributed by atoms with Crippen LogP contribution in [0, 0.1) is 0 Å². The number of aryl methyl sites for hydroxylation is 2. The van der Waals surface area contributed by atoms with Crippen LogP contribution in [0.1, 0.15) is 28.4 Å². The number of nitrogens with zero attached hydrogens (tertiary/aromatic N) is 5. The van der Waals surface area contributed by atoms with Gasteiger partial charge in [0, 0.05) is 55.6 Å². The molecule has 2 N–H and O–H groups in total. The molecule has 0 unspecified atom stereocenters. The van der Waals surface area contributed by atoms with Crippen molar-refractivity contribution in [2.45, 2.75) is 32.1 Å². The number of hydrogen-bond acceptors (Lipinski definition) is 6. The Bertz CT molecular complexity index is 692. The van der Waals surface area contributed by atoms with Crippen LogP contribution in [0.5, 0.6) is 0 Å². The Hall–Kier alpha value is -1.67. The summed E-state index contributed by atoms with van der Waals surface area (Å²) in [5.74, 6) is 0.667. The minimum Gasteiger partial charge on any atom is -0.370 e.